The Balaban J connectivity index is 1.93. The minimum absolute atomic E-state index is 0.0115. The summed E-state index contributed by atoms with van der Waals surface area (Å²) in [5, 5.41) is 3.08. The fourth-order valence-electron chi connectivity index (χ4n) is 1.49. The maximum atomic E-state index is 11.9. The first-order chi connectivity index (χ1) is 9.39. The van der Waals surface area contributed by atoms with Gasteiger partial charge in [0.15, 0.2) is 0 Å². The number of sulfonamides is 1. The molecule has 0 fully saturated rings. The molecule has 0 saturated carbocycles. The Morgan fingerprint density at radius 2 is 2.10 bits per heavy atom. The normalized spacial score (nSPS) is 12.2. The van der Waals surface area contributed by atoms with Gasteiger partial charge in [0, 0.05) is 25.2 Å². The van der Waals surface area contributed by atoms with Gasteiger partial charge in [-0.3, -0.25) is 0 Å². The van der Waals surface area contributed by atoms with Crippen LogP contribution in [0.25, 0.3) is 0 Å². The number of hydrogen-bond donors (Lipinski definition) is 0. The predicted molar refractivity (Wildman–Crippen MR) is 81.4 cm³/mol. The highest BCUT2D eigenvalue weighted by Crippen LogP contribution is 2.23. The maximum absolute atomic E-state index is 11.9. The molecule has 20 heavy (non-hydrogen) atoms. The average Bonchev–Trinajstić information content (AvgIpc) is 2.99. The molecule has 0 amide bonds. The van der Waals surface area contributed by atoms with Gasteiger partial charge in [-0.05, 0) is 19.1 Å². The van der Waals surface area contributed by atoms with E-state index in [2.05, 4.69) is 4.98 Å². The second-order valence-corrected chi connectivity index (χ2v) is 8.49. The molecular formula is C12H16N2O3S3. The van der Waals surface area contributed by atoms with Gasteiger partial charge in [0.2, 0.25) is 5.09 Å². The van der Waals surface area contributed by atoms with Crippen LogP contribution in [0.3, 0.4) is 0 Å². The second-order valence-electron chi connectivity index (χ2n) is 4.36. The summed E-state index contributed by atoms with van der Waals surface area (Å²) in [4.78, 5) is 4.37. The van der Waals surface area contributed by atoms with Crippen molar-refractivity contribution in [1.29, 1.82) is 0 Å². The first-order valence-electron chi connectivity index (χ1n) is 5.89. The van der Waals surface area contributed by atoms with E-state index in [1.54, 1.807) is 29.2 Å². The van der Waals surface area contributed by atoms with Gasteiger partial charge in [-0.1, -0.05) is 0 Å². The Morgan fingerprint density at radius 1 is 1.35 bits per heavy atom. The maximum Gasteiger partial charge on any atom is 0.275 e. The standard InChI is InChI=1S/C12H16N2O3S3/c1-9-13-10(7-19-9)6-18-8-11-4-5-12(17-11)20(15,16)14(2)3/h4-5,7H,6,8H2,1-3H3. The van der Waals surface area contributed by atoms with Crippen LogP contribution in [0, 0.1) is 6.92 Å². The number of rotatable bonds is 6. The number of thioether (sulfide) groups is 1. The third-order valence-corrected chi connectivity index (χ3v) is 6.03. The van der Waals surface area contributed by atoms with E-state index in [4.69, 9.17) is 4.42 Å². The minimum atomic E-state index is -3.48. The number of thiazole rings is 1. The fourth-order valence-corrected chi connectivity index (χ4v) is 3.83. The van der Waals surface area contributed by atoms with E-state index >= 15 is 0 Å². The summed E-state index contributed by atoms with van der Waals surface area (Å²) in [7, 11) is -0.517. The van der Waals surface area contributed by atoms with Gasteiger partial charge in [-0.15, -0.1) is 23.1 Å². The molecule has 0 saturated heterocycles. The summed E-state index contributed by atoms with van der Waals surface area (Å²) < 4.78 is 30.2. The van der Waals surface area contributed by atoms with E-state index in [-0.39, 0.29) is 5.09 Å². The molecule has 0 spiro atoms. The Labute approximate surface area is 127 Å². The van der Waals surface area contributed by atoms with Crippen LogP contribution in [0.5, 0.6) is 0 Å². The smallest absolute Gasteiger partial charge is 0.275 e. The largest absolute Gasteiger partial charge is 0.447 e. The van der Waals surface area contributed by atoms with Crippen molar-refractivity contribution in [1.82, 2.24) is 9.29 Å². The number of aromatic nitrogens is 1. The van der Waals surface area contributed by atoms with Crippen LogP contribution in [-0.2, 0) is 21.5 Å². The zero-order valence-electron chi connectivity index (χ0n) is 11.5. The highest BCUT2D eigenvalue weighted by Gasteiger charge is 2.21. The fraction of sp³-hybridized carbons (Fsp3) is 0.417. The number of hydrogen-bond acceptors (Lipinski definition) is 6. The Morgan fingerprint density at radius 3 is 2.70 bits per heavy atom. The van der Waals surface area contributed by atoms with Crippen LogP contribution < -0.4 is 0 Å². The lowest BCUT2D eigenvalue weighted by Crippen LogP contribution is -2.21. The van der Waals surface area contributed by atoms with E-state index in [0.717, 1.165) is 20.8 Å². The second kappa shape index (κ2) is 6.30. The van der Waals surface area contributed by atoms with Gasteiger partial charge in [-0.2, -0.15) is 0 Å². The molecule has 2 heterocycles. The first-order valence-corrected chi connectivity index (χ1v) is 9.37. The molecule has 2 rings (SSSR count). The molecule has 0 unspecified atom stereocenters. The van der Waals surface area contributed by atoms with Crippen molar-refractivity contribution in [2.24, 2.45) is 0 Å². The minimum Gasteiger partial charge on any atom is -0.447 e. The molecule has 0 aliphatic carbocycles. The van der Waals surface area contributed by atoms with E-state index in [1.807, 2.05) is 12.3 Å². The monoisotopic (exact) mass is 332 g/mol. The molecular weight excluding hydrogens is 316 g/mol. The molecule has 110 valence electrons. The van der Waals surface area contributed by atoms with Crippen LogP contribution in [0.1, 0.15) is 16.5 Å². The molecule has 0 radical (unpaired) electrons. The van der Waals surface area contributed by atoms with Gasteiger partial charge >= 0.3 is 0 Å². The molecule has 2 aromatic rings. The van der Waals surface area contributed by atoms with Gasteiger partial charge < -0.3 is 4.42 Å². The lowest BCUT2D eigenvalue weighted by Gasteiger charge is -2.07. The summed E-state index contributed by atoms with van der Waals surface area (Å²) in [6.07, 6.45) is 0. The van der Waals surface area contributed by atoms with Crippen LogP contribution in [0.4, 0.5) is 0 Å². The van der Waals surface area contributed by atoms with Crippen LogP contribution in [0.2, 0.25) is 0 Å². The van der Waals surface area contributed by atoms with Gasteiger partial charge in [-0.25, -0.2) is 17.7 Å². The summed E-state index contributed by atoms with van der Waals surface area (Å²) in [6.45, 7) is 1.98. The summed E-state index contributed by atoms with van der Waals surface area (Å²) in [6, 6.07) is 3.20. The van der Waals surface area contributed by atoms with E-state index < -0.39 is 10.0 Å². The first kappa shape index (κ1) is 15.6. The quantitative estimate of drug-likeness (QED) is 0.814. The van der Waals surface area contributed by atoms with E-state index in [1.165, 1.54) is 20.2 Å². The predicted octanol–water partition coefficient (Wildman–Crippen LogP) is 2.73. The summed E-state index contributed by atoms with van der Waals surface area (Å²) >= 11 is 3.28. The SMILES string of the molecule is Cc1nc(CSCc2ccc(S(=O)(=O)N(C)C)o2)cs1. The highest BCUT2D eigenvalue weighted by atomic mass is 32.2. The Kier molecular flexibility index (Phi) is 4.90. The molecule has 0 aromatic carbocycles. The lowest BCUT2D eigenvalue weighted by atomic mass is 10.5. The van der Waals surface area contributed by atoms with Crippen molar-refractivity contribution in [3.8, 4) is 0 Å². The van der Waals surface area contributed by atoms with Crippen molar-refractivity contribution in [3.63, 3.8) is 0 Å². The van der Waals surface area contributed by atoms with Gasteiger partial charge in [0.25, 0.3) is 10.0 Å². The molecule has 2 aromatic heterocycles. The van der Waals surface area contributed by atoms with Crippen LogP contribution in [0.15, 0.2) is 27.0 Å². The molecule has 0 aliphatic rings. The van der Waals surface area contributed by atoms with Gasteiger partial charge in [0.05, 0.1) is 16.5 Å². The van der Waals surface area contributed by atoms with Crippen molar-refractivity contribution in [2.75, 3.05) is 14.1 Å². The molecule has 0 N–H and O–H groups in total. The lowest BCUT2D eigenvalue weighted by molar-refractivity contribution is 0.408. The average molecular weight is 332 g/mol. The summed E-state index contributed by atoms with van der Waals surface area (Å²) in [5.74, 6) is 2.07. The molecule has 8 heteroatoms. The highest BCUT2D eigenvalue weighted by molar-refractivity contribution is 7.97. The molecule has 0 aliphatic heterocycles. The zero-order valence-corrected chi connectivity index (χ0v) is 13.9. The topological polar surface area (TPSA) is 63.4 Å². The van der Waals surface area contributed by atoms with Gasteiger partial charge in [0.1, 0.15) is 5.76 Å². The molecule has 0 atom stereocenters. The molecule has 5 nitrogen and oxygen atoms in total. The van der Waals surface area contributed by atoms with Crippen LogP contribution >= 0.6 is 23.1 Å². The number of aryl methyl sites for hydroxylation is 1. The number of nitrogens with zero attached hydrogens (tertiary/aromatic N) is 2. The third kappa shape index (κ3) is 3.63. The van der Waals surface area contributed by atoms with Crippen molar-refractivity contribution >= 4 is 33.1 Å². The van der Waals surface area contributed by atoms with Crippen molar-refractivity contribution in [2.45, 2.75) is 23.5 Å². The van der Waals surface area contributed by atoms with E-state index in [0.29, 0.717) is 11.5 Å². The van der Waals surface area contributed by atoms with E-state index in [9.17, 15) is 8.42 Å². The number of furan rings is 1. The van der Waals surface area contributed by atoms with Crippen LogP contribution in [-0.4, -0.2) is 31.8 Å². The third-order valence-electron chi connectivity index (χ3n) is 2.53. The van der Waals surface area contributed by atoms with Crippen molar-refractivity contribution < 1.29 is 12.8 Å². The summed E-state index contributed by atoms with van der Waals surface area (Å²) in [5.41, 5.74) is 1.05. The Hall–Kier alpha value is -0.830. The molecule has 0 bridgehead atoms. The zero-order chi connectivity index (χ0) is 14.8. The van der Waals surface area contributed by atoms with Crippen molar-refractivity contribution in [3.05, 3.63) is 34.0 Å². The Bertz CT molecular complexity index is 674.